The number of rotatable bonds is 5. The van der Waals surface area contributed by atoms with Gasteiger partial charge in [-0.05, 0) is 24.6 Å². The molecule has 0 aliphatic carbocycles. The zero-order chi connectivity index (χ0) is 18.5. The number of ether oxygens (including phenoxy) is 1. The summed E-state index contributed by atoms with van der Waals surface area (Å²) in [6.07, 6.45) is 5.59. The number of hydrogen-bond acceptors (Lipinski definition) is 4. The van der Waals surface area contributed by atoms with E-state index in [9.17, 15) is 4.79 Å². The molecule has 0 saturated carbocycles. The number of benzene rings is 2. The standard InChI is InChI=1S/C21H19NO2S2/c1-15-10-12-16(13-11-15)14-22-20(23)19(26-21(22)25)9-5-7-17-6-3-4-8-18(17)24-2/h3-13H,14H2,1-2H3. The molecule has 0 radical (unpaired) electrons. The summed E-state index contributed by atoms with van der Waals surface area (Å²) >= 11 is 6.72. The highest BCUT2D eigenvalue weighted by Crippen LogP contribution is 2.32. The maximum absolute atomic E-state index is 12.6. The molecule has 1 fully saturated rings. The quantitative estimate of drug-likeness (QED) is 0.541. The zero-order valence-corrected chi connectivity index (χ0v) is 16.3. The van der Waals surface area contributed by atoms with Gasteiger partial charge in [-0.25, -0.2) is 0 Å². The first-order valence-corrected chi connectivity index (χ1v) is 9.41. The summed E-state index contributed by atoms with van der Waals surface area (Å²) in [5.74, 6) is 0.745. The fourth-order valence-corrected chi connectivity index (χ4v) is 3.78. The second kappa shape index (κ2) is 8.34. The van der Waals surface area contributed by atoms with E-state index in [2.05, 4.69) is 0 Å². The molecule has 1 amide bonds. The molecule has 0 bridgehead atoms. The van der Waals surface area contributed by atoms with Gasteiger partial charge < -0.3 is 4.74 Å². The van der Waals surface area contributed by atoms with Crippen molar-refractivity contribution in [1.82, 2.24) is 4.90 Å². The summed E-state index contributed by atoms with van der Waals surface area (Å²) in [5, 5.41) is 0. The lowest BCUT2D eigenvalue weighted by molar-refractivity contribution is -0.122. The van der Waals surface area contributed by atoms with E-state index in [0.717, 1.165) is 16.9 Å². The first kappa shape index (κ1) is 18.4. The molecule has 132 valence electrons. The maximum Gasteiger partial charge on any atom is 0.266 e. The van der Waals surface area contributed by atoms with Gasteiger partial charge in [0.05, 0.1) is 18.6 Å². The second-order valence-corrected chi connectivity index (χ2v) is 7.55. The number of nitrogens with zero attached hydrogens (tertiary/aromatic N) is 1. The normalized spacial score (nSPS) is 16.1. The highest BCUT2D eigenvalue weighted by Gasteiger charge is 2.31. The van der Waals surface area contributed by atoms with Crippen LogP contribution in [0.15, 0.2) is 65.6 Å². The van der Waals surface area contributed by atoms with Crippen molar-refractivity contribution in [2.45, 2.75) is 13.5 Å². The molecule has 0 N–H and O–H groups in total. The van der Waals surface area contributed by atoms with Gasteiger partial charge in [0.25, 0.3) is 5.91 Å². The lowest BCUT2D eigenvalue weighted by atomic mass is 10.1. The van der Waals surface area contributed by atoms with Crippen molar-refractivity contribution >= 4 is 40.3 Å². The minimum Gasteiger partial charge on any atom is -0.496 e. The van der Waals surface area contributed by atoms with E-state index >= 15 is 0 Å². The lowest BCUT2D eigenvalue weighted by Crippen LogP contribution is -2.27. The second-order valence-electron chi connectivity index (χ2n) is 5.88. The van der Waals surface area contributed by atoms with Gasteiger partial charge in [0.2, 0.25) is 0 Å². The van der Waals surface area contributed by atoms with Crippen LogP contribution in [0.2, 0.25) is 0 Å². The SMILES string of the molecule is COc1ccccc1C=CC=C1SC(=S)N(Cc2ccc(C)cc2)C1=O. The fraction of sp³-hybridized carbons (Fsp3) is 0.143. The molecule has 0 unspecified atom stereocenters. The number of methoxy groups -OCH3 is 1. The average Bonchev–Trinajstić information content (AvgIpc) is 2.91. The summed E-state index contributed by atoms with van der Waals surface area (Å²) in [4.78, 5) is 14.9. The van der Waals surface area contributed by atoms with Crippen LogP contribution in [0.4, 0.5) is 0 Å². The van der Waals surface area contributed by atoms with Gasteiger partial charge in [-0.15, -0.1) is 0 Å². The van der Waals surface area contributed by atoms with Gasteiger partial charge in [0.1, 0.15) is 10.1 Å². The molecule has 1 aliphatic rings. The van der Waals surface area contributed by atoms with E-state index in [4.69, 9.17) is 17.0 Å². The molecule has 0 aromatic heterocycles. The Balaban J connectivity index is 1.72. The van der Waals surface area contributed by atoms with Crippen molar-refractivity contribution in [2.24, 2.45) is 0 Å². The number of thioether (sulfide) groups is 1. The van der Waals surface area contributed by atoms with Gasteiger partial charge in [-0.2, -0.15) is 0 Å². The number of thiocarbonyl (C=S) groups is 1. The summed E-state index contributed by atoms with van der Waals surface area (Å²) in [6, 6.07) is 15.9. The Morgan fingerprint density at radius 3 is 2.62 bits per heavy atom. The molecule has 1 heterocycles. The van der Waals surface area contributed by atoms with Crippen LogP contribution in [0.5, 0.6) is 5.75 Å². The summed E-state index contributed by atoms with van der Waals surface area (Å²) in [6.45, 7) is 2.54. The molecule has 0 spiro atoms. The Labute approximate surface area is 163 Å². The molecule has 2 aromatic carbocycles. The van der Waals surface area contributed by atoms with Crippen molar-refractivity contribution in [3.8, 4) is 5.75 Å². The Hall–Kier alpha value is -2.37. The van der Waals surface area contributed by atoms with Crippen molar-refractivity contribution in [2.75, 3.05) is 7.11 Å². The van der Waals surface area contributed by atoms with E-state index in [0.29, 0.717) is 15.8 Å². The Bertz CT molecular complexity index is 885. The number of amides is 1. The van der Waals surface area contributed by atoms with E-state index in [1.54, 1.807) is 18.1 Å². The van der Waals surface area contributed by atoms with Crippen LogP contribution >= 0.6 is 24.0 Å². The fourth-order valence-electron chi connectivity index (χ4n) is 2.57. The van der Waals surface area contributed by atoms with E-state index in [1.165, 1.54) is 17.3 Å². The Kier molecular flexibility index (Phi) is 5.91. The molecule has 5 heteroatoms. The number of para-hydroxylation sites is 1. The van der Waals surface area contributed by atoms with Crippen LogP contribution in [0.25, 0.3) is 6.08 Å². The van der Waals surface area contributed by atoms with Crippen molar-refractivity contribution in [3.05, 3.63) is 82.3 Å². The smallest absolute Gasteiger partial charge is 0.266 e. The van der Waals surface area contributed by atoms with Gasteiger partial charge in [-0.3, -0.25) is 9.69 Å². The first-order valence-electron chi connectivity index (χ1n) is 8.19. The zero-order valence-electron chi connectivity index (χ0n) is 14.6. The van der Waals surface area contributed by atoms with Gasteiger partial charge in [-0.1, -0.05) is 84.2 Å². The number of carbonyl (C=O) groups excluding carboxylic acids is 1. The Morgan fingerprint density at radius 1 is 1.15 bits per heavy atom. The molecule has 3 rings (SSSR count). The van der Waals surface area contributed by atoms with Crippen LogP contribution in [-0.4, -0.2) is 22.2 Å². The van der Waals surface area contributed by atoms with E-state index in [1.807, 2.05) is 67.6 Å². The molecule has 26 heavy (non-hydrogen) atoms. The number of allylic oxidation sites excluding steroid dienone is 2. The van der Waals surface area contributed by atoms with Crippen LogP contribution in [-0.2, 0) is 11.3 Å². The summed E-state index contributed by atoms with van der Waals surface area (Å²) < 4.78 is 5.92. The third kappa shape index (κ3) is 4.23. The maximum atomic E-state index is 12.6. The molecule has 0 atom stereocenters. The molecule has 1 saturated heterocycles. The molecule has 2 aromatic rings. The van der Waals surface area contributed by atoms with Crippen molar-refractivity contribution in [1.29, 1.82) is 0 Å². The summed E-state index contributed by atoms with van der Waals surface area (Å²) in [5.41, 5.74) is 3.22. The van der Waals surface area contributed by atoms with Crippen LogP contribution in [0, 0.1) is 6.92 Å². The summed E-state index contributed by atoms with van der Waals surface area (Å²) in [7, 11) is 1.64. The minimum absolute atomic E-state index is 0.0507. The predicted octanol–water partition coefficient (Wildman–Crippen LogP) is 4.96. The number of hydrogen-bond donors (Lipinski definition) is 0. The highest BCUT2D eigenvalue weighted by molar-refractivity contribution is 8.26. The van der Waals surface area contributed by atoms with Crippen LogP contribution < -0.4 is 4.74 Å². The van der Waals surface area contributed by atoms with Gasteiger partial charge >= 0.3 is 0 Å². The predicted molar refractivity (Wildman–Crippen MR) is 112 cm³/mol. The molecule has 3 nitrogen and oxygen atoms in total. The van der Waals surface area contributed by atoms with E-state index < -0.39 is 0 Å². The topological polar surface area (TPSA) is 29.5 Å². The minimum atomic E-state index is -0.0507. The van der Waals surface area contributed by atoms with Crippen LogP contribution in [0.1, 0.15) is 16.7 Å². The van der Waals surface area contributed by atoms with Crippen molar-refractivity contribution < 1.29 is 9.53 Å². The monoisotopic (exact) mass is 381 g/mol. The third-order valence-corrected chi connectivity index (χ3v) is 5.39. The number of carbonyl (C=O) groups is 1. The Morgan fingerprint density at radius 2 is 1.88 bits per heavy atom. The largest absolute Gasteiger partial charge is 0.496 e. The molecule has 1 aliphatic heterocycles. The molecular formula is C21H19NO2S2. The van der Waals surface area contributed by atoms with Gasteiger partial charge in [0.15, 0.2) is 0 Å². The average molecular weight is 382 g/mol. The molecular weight excluding hydrogens is 362 g/mol. The van der Waals surface area contributed by atoms with E-state index in [-0.39, 0.29) is 5.91 Å². The third-order valence-electron chi connectivity index (χ3n) is 4.00. The number of aryl methyl sites for hydroxylation is 1. The van der Waals surface area contributed by atoms with Crippen molar-refractivity contribution in [3.63, 3.8) is 0 Å². The highest BCUT2D eigenvalue weighted by atomic mass is 32.2. The lowest BCUT2D eigenvalue weighted by Gasteiger charge is -2.14. The van der Waals surface area contributed by atoms with Gasteiger partial charge in [0, 0.05) is 5.56 Å². The van der Waals surface area contributed by atoms with Crippen LogP contribution in [0.3, 0.4) is 0 Å². The first-order chi connectivity index (χ1) is 12.6.